The summed E-state index contributed by atoms with van der Waals surface area (Å²) in [5.41, 5.74) is 0.853. The van der Waals surface area contributed by atoms with Crippen LogP contribution in [0.1, 0.15) is 19.4 Å². The highest BCUT2D eigenvalue weighted by Gasteiger charge is 2.16. The van der Waals surface area contributed by atoms with Gasteiger partial charge in [0.05, 0.1) is 6.42 Å². The first-order valence-corrected chi connectivity index (χ1v) is 6.54. The normalized spacial score (nSPS) is 11.7. The first-order valence-electron chi connectivity index (χ1n) is 5.74. The molecule has 1 aromatic carbocycles. The average molecular weight is 314 g/mol. The third-order valence-corrected chi connectivity index (χ3v) is 2.82. The second-order valence-electron chi connectivity index (χ2n) is 3.83. The molecular formula is C13H16BrNO3. The van der Waals surface area contributed by atoms with Crippen molar-refractivity contribution in [1.29, 1.82) is 0 Å². The van der Waals surface area contributed by atoms with E-state index in [2.05, 4.69) is 21.2 Å². The molecule has 1 amide bonds. The highest BCUT2D eigenvalue weighted by molar-refractivity contribution is 9.10. The largest absolute Gasteiger partial charge is 0.452 e. The number of hydrogen-bond donors (Lipinski definition) is 1. The third-order valence-electron chi connectivity index (χ3n) is 2.29. The third kappa shape index (κ3) is 4.87. The second-order valence-corrected chi connectivity index (χ2v) is 4.75. The Kier molecular flexibility index (Phi) is 5.85. The molecule has 0 radical (unpaired) electrons. The van der Waals surface area contributed by atoms with E-state index in [1.165, 1.54) is 0 Å². The fourth-order valence-electron chi connectivity index (χ4n) is 1.38. The number of likely N-dealkylation sites (N-methyl/N-ethyl adjacent to an activating group) is 1. The first-order chi connectivity index (χ1) is 8.52. The van der Waals surface area contributed by atoms with Crippen molar-refractivity contribution >= 4 is 27.8 Å². The van der Waals surface area contributed by atoms with Gasteiger partial charge in [-0.1, -0.05) is 28.1 Å². The maximum absolute atomic E-state index is 11.6. The predicted octanol–water partition coefficient (Wildman–Crippen LogP) is 2.06. The lowest BCUT2D eigenvalue weighted by atomic mass is 10.1. The molecule has 0 saturated carbocycles. The lowest BCUT2D eigenvalue weighted by Gasteiger charge is -2.12. The van der Waals surface area contributed by atoms with Crippen LogP contribution in [0.25, 0.3) is 0 Å². The molecule has 0 unspecified atom stereocenters. The Hall–Kier alpha value is -1.36. The number of nitrogens with one attached hydrogen (secondary N) is 1. The lowest BCUT2D eigenvalue weighted by molar-refractivity contribution is -0.154. The summed E-state index contributed by atoms with van der Waals surface area (Å²) in [4.78, 5) is 23.0. The van der Waals surface area contributed by atoms with E-state index in [9.17, 15) is 9.59 Å². The van der Waals surface area contributed by atoms with E-state index in [-0.39, 0.29) is 12.3 Å². The Morgan fingerprint density at radius 2 is 1.94 bits per heavy atom. The van der Waals surface area contributed by atoms with Gasteiger partial charge in [0.15, 0.2) is 6.10 Å². The van der Waals surface area contributed by atoms with Gasteiger partial charge in [-0.15, -0.1) is 0 Å². The van der Waals surface area contributed by atoms with Crippen LogP contribution in [0, 0.1) is 0 Å². The van der Waals surface area contributed by atoms with Crippen LogP contribution >= 0.6 is 15.9 Å². The molecule has 0 aliphatic heterocycles. The number of esters is 1. The monoisotopic (exact) mass is 313 g/mol. The van der Waals surface area contributed by atoms with Crippen molar-refractivity contribution in [2.24, 2.45) is 0 Å². The smallest absolute Gasteiger partial charge is 0.311 e. The topological polar surface area (TPSA) is 55.4 Å². The molecule has 1 rings (SSSR count). The minimum absolute atomic E-state index is 0.164. The molecule has 0 aliphatic carbocycles. The maximum atomic E-state index is 11.6. The van der Waals surface area contributed by atoms with Crippen molar-refractivity contribution in [2.75, 3.05) is 6.54 Å². The molecule has 4 nitrogen and oxygen atoms in total. The number of ether oxygens (including phenoxy) is 1. The summed E-state index contributed by atoms with van der Waals surface area (Å²) < 4.78 is 5.99. The summed E-state index contributed by atoms with van der Waals surface area (Å²) in [5.74, 6) is -0.683. The fourth-order valence-corrected chi connectivity index (χ4v) is 1.64. The number of benzene rings is 1. The van der Waals surface area contributed by atoms with Gasteiger partial charge in [0.1, 0.15) is 0 Å². The molecule has 0 aromatic heterocycles. The molecular weight excluding hydrogens is 298 g/mol. The number of rotatable bonds is 5. The SMILES string of the molecule is CCNC(=O)[C@H](C)OC(=O)Cc1ccc(Br)cc1. The molecule has 1 aromatic rings. The number of carbonyl (C=O) groups is 2. The zero-order valence-electron chi connectivity index (χ0n) is 10.4. The Balaban J connectivity index is 2.46. The molecule has 18 heavy (non-hydrogen) atoms. The molecule has 0 fully saturated rings. The molecule has 0 spiro atoms. The van der Waals surface area contributed by atoms with Crippen LogP contribution in [0.5, 0.6) is 0 Å². The van der Waals surface area contributed by atoms with E-state index < -0.39 is 12.1 Å². The standard InChI is InChI=1S/C13H16BrNO3/c1-3-15-13(17)9(2)18-12(16)8-10-4-6-11(14)7-5-10/h4-7,9H,3,8H2,1-2H3,(H,15,17)/t9-/m0/s1. The van der Waals surface area contributed by atoms with Gasteiger partial charge < -0.3 is 10.1 Å². The van der Waals surface area contributed by atoms with Gasteiger partial charge in [0, 0.05) is 11.0 Å². The number of hydrogen-bond acceptors (Lipinski definition) is 3. The van der Waals surface area contributed by atoms with Gasteiger partial charge in [-0.2, -0.15) is 0 Å². The van der Waals surface area contributed by atoms with Crippen LogP contribution in [-0.2, 0) is 20.7 Å². The van der Waals surface area contributed by atoms with Crippen molar-refractivity contribution < 1.29 is 14.3 Å². The lowest BCUT2D eigenvalue weighted by Crippen LogP contribution is -2.35. The van der Waals surface area contributed by atoms with E-state index in [0.29, 0.717) is 6.54 Å². The minimum atomic E-state index is -0.757. The van der Waals surface area contributed by atoms with Crippen LogP contribution < -0.4 is 5.32 Å². The molecule has 0 aliphatic rings. The minimum Gasteiger partial charge on any atom is -0.452 e. The Morgan fingerprint density at radius 1 is 1.33 bits per heavy atom. The quantitative estimate of drug-likeness (QED) is 0.847. The molecule has 98 valence electrons. The second kappa shape index (κ2) is 7.16. The highest BCUT2D eigenvalue weighted by Crippen LogP contribution is 2.11. The van der Waals surface area contributed by atoms with Crippen molar-refractivity contribution in [2.45, 2.75) is 26.4 Å². The van der Waals surface area contributed by atoms with Crippen LogP contribution in [-0.4, -0.2) is 24.5 Å². The van der Waals surface area contributed by atoms with Crippen molar-refractivity contribution in [3.8, 4) is 0 Å². The first kappa shape index (κ1) is 14.7. The summed E-state index contributed by atoms with van der Waals surface area (Å²) in [6.45, 7) is 3.90. The molecule has 0 heterocycles. The van der Waals surface area contributed by atoms with E-state index in [0.717, 1.165) is 10.0 Å². The average Bonchev–Trinajstić information content (AvgIpc) is 2.32. The van der Waals surface area contributed by atoms with Gasteiger partial charge >= 0.3 is 5.97 Å². The highest BCUT2D eigenvalue weighted by atomic mass is 79.9. The van der Waals surface area contributed by atoms with E-state index in [1.807, 2.05) is 31.2 Å². The Labute approximate surface area is 115 Å². The van der Waals surface area contributed by atoms with Crippen LogP contribution in [0.15, 0.2) is 28.7 Å². The van der Waals surface area contributed by atoms with Crippen molar-refractivity contribution in [3.63, 3.8) is 0 Å². The summed E-state index contributed by atoms with van der Waals surface area (Å²) in [6, 6.07) is 7.38. The predicted molar refractivity (Wildman–Crippen MR) is 72.1 cm³/mol. The Morgan fingerprint density at radius 3 is 2.50 bits per heavy atom. The van der Waals surface area contributed by atoms with Crippen LogP contribution in [0.3, 0.4) is 0 Å². The fraction of sp³-hybridized carbons (Fsp3) is 0.385. The number of carbonyl (C=O) groups excluding carboxylic acids is 2. The van der Waals surface area contributed by atoms with E-state index in [1.54, 1.807) is 6.92 Å². The van der Waals surface area contributed by atoms with Crippen LogP contribution in [0.2, 0.25) is 0 Å². The van der Waals surface area contributed by atoms with Gasteiger partial charge in [-0.25, -0.2) is 0 Å². The molecule has 5 heteroatoms. The van der Waals surface area contributed by atoms with Crippen molar-refractivity contribution in [1.82, 2.24) is 5.32 Å². The zero-order chi connectivity index (χ0) is 13.5. The maximum Gasteiger partial charge on any atom is 0.311 e. The summed E-state index contributed by atoms with van der Waals surface area (Å²) >= 11 is 3.32. The van der Waals surface area contributed by atoms with Gasteiger partial charge in [0.25, 0.3) is 5.91 Å². The molecule has 1 atom stereocenters. The zero-order valence-corrected chi connectivity index (χ0v) is 12.0. The Bertz CT molecular complexity index is 417. The van der Waals surface area contributed by atoms with Gasteiger partial charge in [-0.05, 0) is 31.5 Å². The molecule has 0 bridgehead atoms. The summed E-state index contributed by atoms with van der Waals surface area (Å²) in [5, 5.41) is 2.60. The molecule has 1 N–H and O–H groups in total. The van der Waals surface area contributed by atoms with Crippen LogP contribution in [0.4, 0.5) is 0 Å². The number of halogens is 1. The number of amides is 1. The molecule has 0 saturated heterocycles. The van der Waals surface area contributed by atoms with E-state index >= 15 is 0 Å². The van der Waals surface area contributed by atoms with E-state index in [4.69, 9.17) is 4.74 Å². The van der Waals surface area contributed by atoms with Gasteiger partial charge in [-0.3, -0.25) is 9.59 Å². The summed E-state index contributed by atoms with van der Waals surface area (Å²) in [7, 11) is 0. The van der Waals surface area contributed by atoms with Crippen molar-refractivity contribution in [3.05, 3.63) is 34.3 Å². The van der Waals surface area contributed by atoms with Gasteiger partial charge in [0.2, 0.25) is 0 Å². The summed E-state index contributed by atoms with van der Waals surface area (Å²) in [6.07, 6.45) is -0.593.